The molecule has 3 rings (SSSR count). The Morgan fingerprint density at radius 3 is 2.64 bits per heavy atom. The summed E-state index contributed by atoms with van der Waals surface area (Å²) in [5.41, 5.74) is 5.26. The first-order valence-corrected chi connectivity index (χ1v) is 8.55. The van der Waals surface area contributed by atoms with Crippen LogP contribution < -0.4 is 5.32 Å². The first-order chi connectivity index (χ1) is 12.0. The molecule has 0 spiro atoms. The minimum absolute atomic E-state index is 0.00614. The van der Waals surface area contributed by atoms with Crippen LogP contribution >= 0.6 is 0 Å². The maximum Gasteiger partial charge on any atom is 0.224 e. The Morgan fingerprint density at radius 1 is 1.12 bits per heavy atom. The number of phenolic OH excluding ortho intramolecular Hbond substituents is 1. The zero-order valence-electron chi connectivity index (χ0n) is 14.6. The lowest BCUT2D eigenvalue weighted by molar-refractivity contribution is -0.120. The van der Waals surface area contributed by atoms with Crippen molar-refractivity contribution in [1.82, 2.24) is 5.32 Å². The van der Waals surface area contributed by atoms with Crippen molar-refractivity contribution in [1.29, 1.82) is 0 Å². The molecule has 3 aromatic rings. The molecule has 0 aliphatic rings. The molecule has 1 heterocycles. The fraction of sp³-hybridized carbons (Fsp3) is 0.286. The molecule has 0 fully saturated rings. The van der Waals surface area contributed by atoms with E-state index in [-0.39, 0.29) is 11.7 Å². The zero-order valence-corrected chi connectivity index (χ0v) is 14.6. The van der Waals surface area contributed by atoms with Crippen molar-refractivity contribution in [3.63, 3.8) is 0 Å². The van der Waals surface area contributed by atoms with Crippen LogP contribution in [0.15, 0.2) is 47.1 Å². The third-order valence-electron chi connectivity index (χ3n) is 4.59. The third-order valence-corrected chi connectivity index (χ3v) is 4.59. The van der Waals surface area contributed by atoms with Gasteiger partial charge in [0.15, 0.2) is 0 Å². The third kappa shape index (κ3) is 4.02. The van der Waals surface area contributed by atoms with Crippen molar-refractivity contribution in [3.05, 3.63) is 64.9 Å². The monoisotopic (exact) mass is 337 g/mol. The van der Waals surface area contributed by atoms with Crippen molar-refractivity contribution in [2.45, 2.75) is 33.1 Å². The molecule has 0 saturated heterocycles. The highest BCUT2D eigenvalue weighted by atomic mass is 16.3. The summed E-state index contributed by atoms with van der Waals surface area (Å²) in [6.07, 6.45) is 3.75. The van der Waals surface area contributed by atoms with Gasteiger partial charge in [0.2, 0.25) is 5.91 Å². The molecule has 0 atom stereocenters. The van der Waals surface area contributed by atoms with E-state index in [0.29, 0.717) is 13.0 Å². The summed E-state index contributed by atoms with van der Waals surface area (Å²) in [5.74, 6) is 0.279. The summed E-state index contributed by atoms with van der Waals surface area (Å²) >= 11 is 0. The number of amides is 1. The van der Waals surface area contributed by atoms with Crippen LogP contribution in [0.3, 0.4) is 0 Å². The SMILES string of the molecule is Cc1ccc2c(CC(=O)NCCCc3ccc(O)cc3)coc2c1C. The molecule has 1 aromatic heterocycles. The average Bonchev–Trinajstić information content (AvgIpc) is 3.00. The predicted molar refractivity (Wildman–Crippen MR) is 98.8 cm³/mol. The van der Waals surface area contributed by atoms with Gasteiger partial charge in [-0.2, -0.15) is 0 Å². The number of rotatable bonds is 6. The standard InChI is InChI=1S/C21H23NO3/c1-14-5-10-19-17(13-25-21(19)15(14)2)12-20(24)22-11-3-4-16-6-8-18(23)9-7-16/h5-10,13,23H,3-4,11-12H2,1-2H3,(H,22,24). The molecule has 25 heavy (non-hydrogen) atoms. The van der Waals surface area contributed by atoms with Crippen LogP contribution in [0.5, 0.6) is 5.75 Å². The number of phenols is 1. The Labute approximate surface area is 147 Å². The maximum absolute atomic E-state index is 12.2. The van der Waals surface area contributed by atoms with Crippen LogP contribution in [-0.4, -0.2) is 17.6 Å². The number of nitrogens with one attached hydrogen (secondary N) is 1. The highest BCUT2D eigenvalue weighted by Crippen LogP contribution is 2.26. The van der Waals surface area contributed by atoms with E-state index in [1.165, 1.54) is 5.56 Å². The lowest BCUT2D eigenvalue weighted by Gasteiger charge is -2.05. The molecule has 4 nitrogen and oxygen atoms in total. The van der Waals surface area contributed by atoms with Crippen molar-refractivity contribution in [2.75, 3.05) is 6.54 Å². The van der Waals surface area contributed by atoms with Gasteiger partial charge in [-0.15, -0.1) is 0 Å². The molecule has 0 unspecified atom stereocenters. The molecule has 130 valence electrons. The lowest BCUT2D eigenvalue weighted by Crippen LogP contribution is -2.26. The molecule has 0 aliphatic heterocycles. The molecule has 4 heteroatoms. The smallest absolute Gasteiger partial charge is 0.224 e. The minimum atomic E-state index is 0.00614. The van der Waals surface area contributed by atoms with Crippen LogP contribution in [0.2, 0.25) is 0 Å². The van der Waals surface area contributed by atoms with E-state index in [4.69, 9.17) is 4.42 Å². The van der Waals surface area contributed by atoms with E-state index < -0.39 is 0 Å². The Hall–Kier alpha value is -2.75. The average molecular weight is 337 g/mol. The van der Waals surface area contributed by atoms with Gasteiger partial charge in [-0.3, -0.25) is 4.79 Å². The van der Waals surface area contributed by atoms with Gasteiger partial charge in [0.25, 0.3) is 0 Å². The Morgan fingerprint density at radius 2 is 1.88 bits per heavy atom. The lowest BCUT2D eigenvalue weighted by atomic mass is 10.0. The van der Waals surface area contributed by atoms with Crippen LogP contribution in [0.25, 0.3) is 11.0 Å². The minimum Gasteiger partial charge on any atom is -0.508 e. The Bertz CT molecular complexity index is 878. The van der Waals surface area contributed by atoms with E-state index in [1.54, 1.807) is 18.4 Å². The van der Waals surface area contributed by atoms with Gasteiger partial charge < -0.3 is 14.8 Å². The van der Waals surface area contributed by atoms with Gasteiger partial charge in [0.05, 0.1) is 12.7 Å². The summed E-state index contributed by atoms with van der Waals surface area (Å²) in [6, 6.07) is 11.3. The summed E-state index contributed by atoms with van der Waals surface area (Å²) in [6.45, 7) is 4.72. The van der Waals surface area contributed by atoms with Crippen LogP contribution in [0.4, 0.5) is 0 Å². The van der Waals surface area contributed by atoms with Gasteiger partial charge in [-0.1, -0.05) is 24.3 Å². The number of fused-ring (bicyclic) bond motifs is 1. The molecular formula is C21H23NO3. The summed E-state index contributed by atoms with van der Waals surface area (Å²) in [7, 11) is 0. The number of aromatic hydroxyl groups is 1. The molecular weight excluding hydrogens is 314 g/mol. The molecule has 0 aliphatic carbocycles. The van der Waals surface area contributed by atoms with Gasteiger partial charge in [0, 0.05) is 17.5 Å². The van der Waals surface area contributed by atoms with E-state index in [2.05, 4.69) is 18.3 Å². The van der Waals surface area contributed by atoms with Crippen molar-refractivity contribution in [3.8, 4) is 5.75 Å². The molecule has 2 N–H and O–H groups in total. The fourth-order valence-electron chi connectivity index (χ4n) is 2.94. The summed E-state index contributed by atoms with van der Waals surface area (Å²) < 4.78 is 5.65. The topological polar surface area (TPSA) is 62.5 Å². The van der Waals surface area contributed by atoms with Gasteiger partial charge >= 0.3 is 0 Å². The number of carbonyl (C=O) groups is 1. The van der Waals surface area contributed by atoms with Gasteiger partial charge in [-0.05, 0) is 55.5 Å². The number of hydrogen-bond acceptors (Lipinski definition) is 3. The second kappa shape index (κ2) is 7.43. The van der Waals surface area contributed by atoms with E-state index >= 15 is 0 Å². The molecule has 0 radical (unpaired) electrons. The first kappa shape index (κ1) is 17.1. The predicted octanol–water partition coefficient (Wildman–Crippen LogP) is 4.05. The second-order valence-electron chi connectivity index (χ2n) is 6.44. The number of benzene rings is 2. The van der Waals surface area contributed by atoms with Crippen LogP contribution in [0.1, 0.15) is 28.7 Å². The number of carbonyl (C=O) groups excluding carboxylic acids is 1. The molecule has 1 amide bonds. The number of furan rings is 1. The van der Waals surface area contributed by atoms with Gasteiger partial charge in [0.1, 0.15) is 11.3 Å². The second-order valence-corrected chi connectivity index (χ2v) is 6.44. The van der Waals surface area contributed by atoms with E-state index in [9.17, 15) is 9.90 Å². The fourth-order valence-corrected chi connectivity index (χ4v) is 2.94. The molecule has 2 aromatic carbocycles. The largest absolute Gasteiger partial charge is 0.508 e. The normalized spacial score (nSPS) is 11.0. The quantitative estimate of drug-likeness (QED) is 0.667. The van der Waals surface area contributed by atoms with Crippen LogP contribution in [-0.2, 0) is 17.6 Å². The van der Waals surface area contributed by atoms with Crippen molar-refractivity contribution < 1.29 is 14.3 Å². The number of hydrogen-bond donors (Lipinski definition) is 2. The zero-order chi connectivity index (χ0) is 17.8. The Kier molecular flexibility index (Phi) is 5.08. The van der Waals surface area contributed by atoms with E-state index in [0.717, 1.165) is 40.5 Å². The maximum atomic E-state index is 12.2. The van der Waals surface area contributed by atoms with Crippen molar-refractivity contribution >= 4 is 16.9 Å². The van der Waals surface area contributed by atoms with Gasteiger partial charge in [-0.25, -0.2) is 0 Å². The number of aryl methyl sites for hydroxylation is 3. The Balaban J connectivity index is 1.51. The highest BCUT2D eigenvalue weighted by molar-refractivity contribution is 5.89. The first-order valence-electron chi connectivity index (χ1n) is 8.55. The summed E-state index contributed by atoms with van der Waals surface area (Å²) in [4.78, 5) is 12.2. The highest BCUT2D eigenvalue weighted by Gasteiger charge is 2.12. The molecule has 0 saturated carbocycles. The molecule has 0 bridgehead atoms. The van der Waals surface area contributed by atoms with Crippen LogP contribution in [0, 0.1) is 13.8 Å². The van der Waals surface area contributed by atoms with E-state index in [1.807, 2.05) is 25.1 Å². The van der Waals surface area contributed by atoms with Crippen molar-refractivity contribution in [2.24, 2.45) is 0 Å². The summed E-state index contributed by atoms with van der Waals surface area (Å²) in [5, 5.41) is 13.2.